The number of hydrogen-bond donors (Lipinski definition) is 1. The zero-order chi connectivity index (χ0) is 9.24. The Morgan fingerprint density at radius 1 is 1.42 bits per heavy atom. The molecule has 72 valence electrons. The molecule has 0 aliphatic carbocycles. The van der Waals surface area contributed by atoms with Crippen molar-refractivity contribution in [1.29, 1.82) is 0 Å². The van der Waals surface area contributed by atoms with Gasteiger partial charge in [-0.25, -0.2) is 0 Å². The van der Waals surface area contributed by atoms with E-state index in [1.54, 1.807) is 0 Å². The van der Waals surface area contributed by atoms with Crippen molar-refractivity contribution in [2.75, 3.05) is 6.61 Å². The second-order valence-electron chi connectivity index (χ2n) is 4.51. The molecule has 1 fully saturated rings. The van der Waals surface area contributed by atoms with Gasteiger partial charge < -0.3 is 9.84 Å². The van der Waals surface area contributed by atoms with Crippen LogP contribution in [0.25, 0.3) is 0 Å². The predicted octanol–water partition coefficient (Wildman–Crippen LogP) is 2.11. The number of aliphatic hydroxyl groups is 1. The molecule has 0 spiro atoms. The van der Waals surface area contributed by atoms with Crippen LogP contribution < -0.4 is 0 Å². The molecule has 1 rings (SSSR count). The summed E-state index contributed by atoms with van der Waals surface area (Å²) >= 11 is 0. The molecule has 0 aromatic heterocycles. The molecule has 1 N–H and O–H groups in total. The fraction of sp³-hybridized carbons (Fsp3) is 1.00. The fourth-order valence-electron chi connectivity index (χ4n) is 2.13. The Bertz CT molecular complexity index is 150. The van der Waals surface area contributed by atoms with Crippen molar-refractivity contribution in [2.45, 2.75) is 57.7 Å². The highest BCUT2D eigenvalue weighted by molar-refractivity contribution is 4.89. The molecule has 2 heteroatoms. The average Bonchev–Trinajstić information content (AvgIpc) is 1.83. The van der Waals surface area contributed by atoms with E-state index in [1.165, 1.54) is 0 Å². The highest BCUT2D eigenvalue weighted by atomic mass is 16.5. The highest BCUT2D eigenvalue weighted by Gasteiger charge is 2.38. The van der Waals surface area contributed by atoms with Crippen LogP contribution in [0.1, 0.15) is 46.5 Å². The normalized spacial score (nSPS) is 35.0. The summed E-state index contributed by atoms with van der Waals surface area (Å²) in [4.78, 5) is 0. The lowest BCUT2D eigenvalue weighted by Gasteiger charge is -2.41. The Morgan fingerprint density at radius 3 is 2.58 bits per heavy atom. The van der Waals surface area contributed by atoms with Crippen molar-refractivity contribution in [3.05, 3.63) is 0 Å². The van der Waals surface area contributed by atoms with Crippen molar-refractivity contribution < 1.29 is 9.84 Å². The molecule has 2 nitrogen and oxygen atoms in total. The standard InChI is InChI=1S/C10H20O2/c1-4-5-10(11)6-7-12-9(2,3)8-10/h11H,4-8H2,1-3H3. The minimum Gasteiger partial charge on any atom is -0.390 e. The highest BCUT2D eigenvalue weighted by Crippen LogP contribution is 2.34. The molecule has 1 atom stereocenters. The molecule has 0 aromatic carbocycles. The maximum atomic E-state index is 10.1. The van der Waals surface area contributed by atoms with Crippen LogP contribution in [-0.2, 0) is 4.74 Å². The number of hydrogen-bond acceptors (Lipinski definition) is 2. The summed E-state index contributed by atoms with van der Waals surface area (Å²) < 4.78 is 5.55. The van der Waals surface area contributed by atoms with Gasteiger partial charge in [-0.3, -0.25) is 0 Å². The Balaban J connectivity index is 2.55. The zero-order valence-electron chi connectivity index (χ0n) is 8.39. The molecule has 1 aliphatic heterocycles. The van der Waals surface area contributed by atoms with Gasteiger partial charge in [-0.05, 0) is 26.7 Å². The molecule has 12 heavy (non-hydrogen) atoms. The Kier molecular flexibility index (Phi) is 2.79. The maximum Gasteiger partial charge on any atom is 0.0696 e. The van der Waals surface area contributed by atoms with E-state index in [1.807, 2.05) is 13.8 Å². The molecular weight excluding hydrogens is 152 g/mol. The molecule has 0 bridgehead atoms. The Hall–Kier alpha value is -0.0800. The number of rotatable bonds is 2. The van der Waals surface area contributed by atoms with Crippen LogP contribution in [0.5, 0.6) is 0 Å². The average molecular weight is 172 g/mol. The summed E-state index contributed by atoms with van der Waals surface area (Å²) in [5.74, 6) is 0. The van der Waals surface area contributed by atoms with Gasteiger partial charge in [0, 0.05) is 6.42 Å². The van der Waals surface area contributed by atoms with Gasteiger partial charge >= 0.3 is 0 Å². The largest absolute Gasteiger partial charge is 0.390 e. The molecule has 0 amide bonds. The summed E-state index contributed by atoms with van der Waals surface area (Å²) in [7, 11) is 0. The van der Waals surface area contributed by atoms with Crippen LogP contribution in [-0.4, -0.2) is 22.9 Å². The molecule has 0 saturated carbocycles. The fourth-order valence-corrected chi connectivity index (χ4v) is 2.13. The molecule has 1 saturated heterocycles. The van der Waals surface area contributed by atoms with Crippen molar-refractivity contribution in [2.24, 2.45) is 0 Å². The Morgan fingerprint density at radius 2 is 2.08 bits per heavy atom. The first-order valence-corrected chi connectivity index (χ1v) is 4.84. The summed E-state index contributed by atoms with van der Waals surface area (Å²) in [5.41, 5.74) is -0.599. The first kappa shape index (κ1) is 10.0. The van der Waals surface area contributed by atoms with Crippen molar-refractivity contribution >= 4 is 0 Å². The monoisotopic (exact) mass is 172 g/mol. The van der Waals surface area contributed by atoms with Crippen molar-refractivity contribution in [1.82, 2.24) is 0 Å². The van der Waals surface area contributed by atoms with E-state index in [0.717, 1.165) is 25.7 Å². The molecular formula is C10H20O2. The lowest BCUT2D eigenvalue weighted by atomic mass is 9.81. The van der Waals surface area contributed by atoms with E-state index in [4.69, 9.17) is 4.74 Å². The van der Waals surface area contributed by atoms with Gasteiger partial charge in [0.2, 0.25) is 0 Å². The minimum absolute atomic E-state index is 0.137. The molecule has 1 unspecified atom stereocenters. The van der Waals surface area contributed by atoms with E-state index in [2.05, 4.69) is 6.92 Å². The lowest BCUT2D eigenvalue weighted by Crippen LogP contribution is -2.45. The topological polar surface area (TPSA) is 29.5 Å². The minimum atomic E-state index is -0.462. The first-order chi connectivity index (χ1) is 5.47. The van der Waals surface area contributed by atoms with E-state index in [9.17, 15) is 5.11 Å². The third-order valence-corrected chi connectivity index (χ3v) is 2.53. The summed E-state index contributed by atoms with van der Waals surface area (Å²) in [6, 6.07) is 0. The number of ether oxygens (including phenoxy) is 1. The van der Waals surface area contributed by atoms with E-state index in [0.29, 0.717) is 6.61 Å². The van der Waals surface area contributed by atoms with E-state index >= 15 is 0 Å². The third kappa shape index (κ3) is 2.46. The van der Waals surface area contributed by atoms with Gasteiger partial charge in [-0.15, -0.1) is 0 Å². The second kappa shape index (κ2) is 3.35. The van der Waals surface area contributed by atoms with Gasteiger partial charge in [-0.2, -0.15) is 0 Å². The van der Waals surface area contributed by atoms with Crippen molar-refractivity contribution in [3.8, 4) is 0 Å². The predicted molar refractivity (Wildman–Crippen MR) is 49.1 cm³/mol. The SMILES string of the molecule is CCCC1(O)CCOC(C)(C)C1. The van der Waals surface area contributed by atoms with Crippen LogP contribution in [0.3, 0.4) is 0 Å². The second-order valence-corrected chi connectivity index (χ2v) is 4.51. The van der Waals surface area contributed by atoms with Gasteiger partial charge in [0.1, 0.15) is 0 Å². The van der Waals surface area contributed by atoms with Crippen molar-refractivity contribution in [3.63, 3.8) is 0 Å². The molecule has 0 radical (unpaired) electrons. The van der Waals surface area contributed by atoms with Gasteiger partial charge in [0.05, 0.1) is 17.8 Å². The summed E-state index contributed by atoms with van der Waals surface area (Å²) in [5, 5.41) is 10.1. The van der Waals surface area contributed by atoms with Gasteiger partial charge in [0.25, 0.3) is 0 Å². The van der Waals surface area contributed by atoms with Crippen LogP contribution in [0, 0.1) is 0 Å². The van der Waals surface area contributed by atoms with E-state index < -0.39 is 5.60 Å². The zero-order valence-corrected chi connectivity index (χ0v) is 8.39. The van der Waals surface area contributed by atoms with Gasteiger partial charge in [-0.1, -0.05) is 13.3 Å². The van der Waals surface area contributed by atoms with Crippen LogP contribution in [0.2, 0.25) is 0 Å². The quantitative estimate of drug-likeness (QED) is 0.691. The van der Waals surface area contributed by atoms with Crippen LogP contribution in [0.15, 0.2) is 0 Å². The molecule has 0 aromatic rings. The van der Waals surface area contributed by atoms with Crippen LogP contribution in [0.4, 0.5) is 0 Å². The third-order valence-electron chi connectivity index (χ3n) is 2.53. The summed E-state index contributed by atoms with van der Waals surface area (Å²) in [6.45, 7) is 6.91. The maximum absolute atomic E-state index is 10.1. The van der Waals surface area contributed by atoms with Crippen LogP contribution >= 0.6 is 0 Å². The Labute approximate surface area is 74.9 Å². The first-order valence-electron chi connectivity index (χ1n) is 4.84. The molecule has 1 aliphatic rings. The smallest absolute Gasteiger partial charge is 0.0696 e. The van der Waals surface area contributed by atoms with Gasteiger partial charge in [0.15, 0.2) is 0 Å². The lowest BCUT2D eigenvalue weighted by molar-refractivity contribution is -0.146. The summed E-state index contributed by atoms with van der Waals surface area (Å²) in [6.07, 6.45) is 3.52. The molecule has 1 heterocycles. The van der Waals surface area contributed by atoms with E-state index in [-0.39, 0.29) is 5.60 Å².